The largest absolute Gasteiger partial charge is 0.494 e. The smallest absolute Gasteiger partial charge is 0.335 e. The van der Waals surface area contributed by atoms with Crippen molar-refractivity contribution >= 4 is 35.3 Å². The van der Waals surface area contributed by atoms with E-state index in [1.165, 1.54) is 6.08 Å². The molecule has 166 valence electrons. The first-order valence-electron chi connectivity index (χ1n) is 10.6. The highest BCUT2D eigenvalue weighted by Gasteiger charge is 2.37. The van der Waals surface area contributed by atoms with Gasteiger partial charge < -0.3 is 14.4 Å². The molecule has 0 aliphatic carbocycles. The minimum absolute atomic E-state index is 0.103. The van der Waals surface area contributed by atoms with Crippen LogP contribution < -0.4 is 19.9 Å². The van der Waals surface area contributed by atoms with Crippen molar-refractivity contribution in [3.63, 3.8) is 0 Å². The molecule has 2 aromatic rings. The van der Waals surface area contributed by atoms with Crippen molar-refractivity contribution in [1.29, 1.82) is 0 Å². The van der Waals surface area contributed by atoms with Gasteiger partial charge in [0.15, 0.2) is 0 Å². The summed E-state index contributed by atoms with van der Waals surface area (Å²) in [6.07, 6.45) is 1.53. The molecule has 0 spiro atoms. The predicted octanol–water partition coefficient (Wildman–Crippen LogP) is 2.90. The first kappa shape index (κ1) is 21.6. The first-order valence-corrected chi connectivity index (χ1v) is 10.6. The molecular formula is C24H25N3O5. The summed E-state index contributed by atoms with van der Waals surface area (Å²) in [6, 6.07) is 11.7. The van der Waals surface area contributed by atoms with Crippen molar-refractivity contribution in [2.24, 2.45) is 0 Å². The number of rotatable bonds is 5. The summed E-state index contributed by atoms with van der Waals surface area (Å²) in [4.78, 5) is 41.3. The van der Waals surface area contributed by atoms with E-state index in [0.717, 1.165) is 34.8 Å². The molecule has 0 unspecified atom stereocenters. The van der Waals surface area contributed by atoms with Crippen molar-refractivity contribution in [2.75, 3.05) is 42.7 Å². The summed E-state index contributed by atoms with van der Waals surface area (Å²) >= 11 is 0. The number of nitrogens with zero attached hydrogens (tertiary/aromatic N) is 2. The van der Waals surface area contributed by atoms with Gasteiger partial charge in [-0.3, -0.25) is 14.9 Å². The lowest BCUT2D eigenvalue weighted by atomic mass is 10.0. The van der Waals surface area contributed by atoms with Crippen LogP contribution in [0.4, 0.5) is 16.2 Å². The monoisotopic (exact) mass is 435 g/mol. The molecule has 32 heavy (non-hydrogen) atoms. The van der Waals surface area contributed by atoms with Crippen molar-refractivity contribution in [3.8, 4) is 5.75 Å². The van der Waals surface area contributed by atoms with Crippen LogP contribution in [0.3, 0.4) is 0 Å². The number of benzene rings is 2. The number of amides is 4. The van der Waals surface area contributed by atoms with Crippen LogP contribution in [0.25, 0.3) is 6.08 Å². The molecule has 1 N–H and O–H groups in total. The van der Waals surface area contributed by atoms with Gasteiger partial charge in [-0.05, 0) is 55.3 Å². The van der Waals surface area contributed by atoms with Crippen LogP contribution >= 0.6 is 0 Å². The Hall–Kier alpha value is -3.65. The van der Waals surface area contributed by atoms with Crippen molar-refractivity contribution in [3.05, 3.63) is 59.2 Å². The van der Waals surface area contributed by atoms with E-state index in [9.17, 15) is 14.4 Å². The van der Waals surface area contributed by atoms with Gasteiger partial charge in [0.1, 0.15) is 11.3 Å². The SMILES string of the molecule is CCOc1cccc(N2C(=O)NC(=O)/C(=C\c3ccc(N4CCOCC4)cc3C)C2=O)c1. The molecule has 2 heterocycles. The Kier molecular flexibility index (Phi) is 6.23. The molecule has 2 aromatic carbocycles. The zero-order chi connectivity index (χ0) is 22.7. The fourth-order valence-electron chi connectivity index (χ4n) is 3.77. The maximum Gasteiger partial charge on any atom is 0.335 e. The molecule has 2 saturated heterocycles. The Bertz CT molecular complexity index is 1090. The van der Waals surface area contributed by atoms with Crippen molar-refractivity contribution in [1.82, 2.24) is 5.32 Å². The van der Waals surface area contributed by atoms with Gasteiger partial charge in [-0.1, -0.05) is 12.1 Å². The number of hydrogen-bond donors (Lipinski definition) is 1. The maximum atomic E-state index is 13.2. The number of hydrogen-bond acceptors (Lipinski definition) is 6. The lowest BCUT2D eigenvalue weighted by Crippen LogP contribution is -2.54. The van der Waals surface area contributed by atoms with E-state index < -0.39 is 17.8 Å². The zero-order valence-corrected chi connectivity index (χ0v) is 18.1. The van der Waals surface area contributed by atoms with E-state index in [-0.39, 0.29) is 5.57 Å². The average molecular weight is 435 g/mol. The lowest BCUT2D eigenvalue weighted by molar-refractivity contribution is -0.122. The van der Waals surface area contributed by atoms with E-state index in [1.54, 1.807) is 24.3 Å². The second kappa shape index (κ2) is 9.23. The van der Waals surface area contributed by atoms with E-state index in [0.29, 0.717) is 31.3 Å². The number of morpholine rings is 1. The van der Waals surface area contributed by atoms with Gasteiger partial charge >= 0.3 is 6.03 Å². The number of barbiturate groups is 1. The number of carbonyl (C=O) groups is 3. The first-order chi connectivity index (χ1) is 15.5. The lowest BCUT2D eigenvalue weighted by Gasteiger charge is -2.29. The number of anilines is 2. The van der Waals surface area contributed by atoms with E-state index in [1.807, 2.05) is 32.0 Å². The average Bonchev–Trinajstić information content (AvgIpc) is 2.78. The van der Waals surface area contributed by atoms with Gasteiger partial charge in [0, 0.05) is 24.8 Å². The zero-order valence-electron chi connectivity index (χ0n) is 18.1. The molecular weight excluding hydrogens is 410 g/mol. The number of nitrogens with one attached hydrogen (secondary N) is 1. The summed E-state index contributed by atoms with van der Waals surface area (Å²) in [7, 11) is 0. The summed E-state index contributed by atoms with van der Waals surface area (Å²) in [5.41, 5.74) is 2.95. The Labute approximate surface area is 186 Å². The van der Waals surface area contributed by atoms with Crippen LogP contribution in [0.2, 0.25) is 0 Å². The molecule has 4 amide bonds. The van der Waals surface area contributed by atoms with Crippen LogP contribution in [0.5, 0.6) is 5.75 Å². The maximum absolute atomic E-state index is 13.2. The Morgan fingerprint density at radius 2 is 1.84 bits per heavy atom. The van der Waals surface area contributed by atoms with Gasteiger partial charge in [-0.25, -0.2) is 9.69 Å². The third-order valence-electron chi connectivity index (χ3n) is 5.42. The highest BCUT2D eigenvalue weighted by Crippen LogP contribution is 2.27. The van der Waals surface area contributed by atoms with Crippen molar-refractivity contribution < 1.29 is 23.9 Å². The molecule has 4 rings (SSSR count). The second-order valence-electron chi connectivity index (χ2n) is 7.53. The number of ether oxygens (including phenoxy) is 2. The quantitative estimate of drug-likeness (QED) is 0.574. The molecule has 0 saturated carbocycles. The van der Waals surface area contributed by atoms with Crippen LogP contribution in [-0.4, -0.2) is 50.8 Å². The Morgan fingerprint density at radius 1 is 1.06 bits per heavy atom. The standard InChI is InChI=1S/C24H25N3O5/c1-3-32-20-6-4-5-19(15-20)27-23(29)21(22(28)25-24(27)30)14-17-7-8-18(13-16(17)2)26-9-11-31-12-10-26/h4-8,13-15H,3,9-12H2,1-2H3,(H,25,28,30)/b21-14+. The minimum atomic E-state index is -0.787. The summed E-state index contributed by atoms with van der Waals surface area (Å²) in [5.74, 6) is -0.861. The Balaban J connectivity index is 1.64. The molecule has 0 bridgehead atoms. The number of imide groups is 2. The van der Waals surface area contributed by atoms with Gasteiger partial charge in [0.25, 0.3) is 11.8 Å². The molecule has 2 aliphatic rings. The van der Waals surface area contributed by atoms with Gasteiger partial charge in [-0.15, -0.1) is 0 Å². The molecule has 0 atom stereocenters. The predicted molar refractivity (Wildman–Crippen MR) is 121 cm³/mol. The van der Waals surface area contributed by atoms with E-state index in [4.69, 9.17) is 9.47 Å². The summed E-state index contributed by atoms with van der Waals surface area (Å²) in [6.45, 7) is 7.24. The molecule has 8 heteroatoms. The molecule has 0 aromatic heterocycles. The topological polar surface area (TPSA) is 88.2 Å². The number of aryl methyl sites for hydroxylation is 1. The van der Waals surface area contributed by atoms with Crippen molar-refractivity contribution in [2.45, 2.75) is 13.8 Å². The third kappa shape index (κ3) is 4.36. The van der Waals surface area contributed by atoms with Gasteiger partial charge in [0.05, 0.1) is 25.5 Å². The number of carbonyl (C=O) groups excluding carboxylic acids is 3. The Morgan fingerprint density at radius 3 is 2.56 bits per heavy atom. The summed E-state index contributed by atoms with van der Waals surface area (Å²) in [5, 5.41) is 2.26. The minimum Gasteiger partial charge on any atom is -0.494 e. The van der Waals surface area contributed by atoms with Gasteiger partial charge in [-0.2, -0.15) is 0 Å². The van der Waals surface area contributed by atoms with Crippen LogP contribution in [0, 0.1) is 6.92 Å². The number of urea groups is 1. The fraction of sp³-hybridized carbons (Fsp3) is 0.292. The highest BCUT2D eigenvalue weighted by molar-refractivity contribution is 6.39. The highest BCUT2D eigenvalue weighted by atomic mass is 16.5. The summed E-state index contributed by atoms with van der Waals surface area (Å²) < 4.78 is 10.9. The van der Waals surface area contributed by atoms with Crippen LogP contribution in [0.1, 0.15) is 18.1 Å². The molecule has 2 fully saturated rings. The fourth-order valence-corrected chi connectivity index (χ4v) is 3.77. The van der Waals surface area contributed by atoms with Crippen LogP contribution in [0.15, 0.2) is 48.0 Å². The third-order valence-corrected chi connectivity index (χ3v) is 5.42. The second-order valence-corrected chi connectivity index (χ2v) is 7.53. The molecule has 0 radical (unpaired) electrons. The van der Waals surface area contributed by atoms with Crippen LogP contribution in [-0.2, 0) is 14.3 Å². The van der Waals surface area contributed by atoms with E-state index in [2.05, 4.69) is 10.2 Å². The molecule has 8 nitrogen and oxygen atoms in total. The van der Waals surface area contributed by atoms with E-state index >= 15 is 0 Å². The normalized spacial score (nSPS) is 18.2. The van der Waals surface area contributed by atoms with Gasteiger partial charge in [0.2, 0.25) is 0 Å². The molecule has 2 aliphatic heterocycles.